The Morgan fingerprint density at radius 1 is 1.33 bits per heavy atom. The van der Waals surface area contributed by atoms with E-state index in [1.54, 1.807) is 0 Å². The first-order valence-corrected chi connectivity index (χ1v) is 1.95. The second-order valence-electron chi connectivity index (χ2n) is 0.283. The van der Waals surface area contributed by atoms with Gasteiger partial charge >= 0.3 is 59.8 Å². The third-order valence-corrected chi connectivity index (χ3v) is 0. The summed E-state index contributed by atoms with van der Waals surface area (Å²) in [6, 6.07) is 0. The fourth-order valence-corrected chi connectivity index (χ4v) is 0. The first-order chi connectivity index (χ1) is 1.73. The fourth-order valence-electron chi connectivity index (χ4n) is 0. The van der Waals surface area contributed by atoms with Crippen LogP contribution in [0.5, 0.6) is 0 Å². The molecule has 0 aliphatic carbocycles. The van der Waals surface area contributed by atoms with Crippen LogP contribution in [0.25, 0.3) is 0 Å². The molecule has 0 aromatic heterocycles. The van der Waals surface area contributed by atoms with Gasteiger partial charge < -0.3 is 9.59 Å². The fraction of sp³-hybridized carbons (Fsp3) is 0. The minimum atomic E-state index is -3.13. The number of hydrogen-bond donors (Lipinski definition) is 2. The molecule has 0 aromatic carbocycles. The molecule has 40 valence electrons. The standard InChI is InChI=1S/Bi.H2O3Si.Sb.6H/c;1-4(2)3;;;;;;;/h;1-2H;;;;;;;. The van der Waals surface area contributed by atoms with E-state index in [-0.39, 0.29) is 50.6 Å². The van der Waals surface area contributed by atoms with Gasteiger partial charge in [0.1, 0.15) is 0 Å². The van der Waals surface area contributed by atoms with Gasteiger partial charge in [-0.05, 0) is 0 Å². The van der Waals surface area contributed by atoms with Crippen molar-refractivity contribution < 1.29 is 14.1 Å². The van der Waals surface area contributed by atoms with Crippen LogP contribution in [0.1, 0.15) is 0 Å². The molecule has 2 N–H and O–H groups in total. The number of rotatable bonds is 0. The molecule has 0 unspecified atom stereocenters. The molecule has 6 heavy (non-hydrogen) atoms. The Kier molecular flexibility index (Phi) is 25.0. The Morgan fingerprint density at radius 2 is 1.33 bits per heavy atom. The molecular formula is H8BiO3SbSi. The molecule has 0 saturated heterocycles. The quantitative estimate of drug-likeness (QED) is 0.398. The maximum absolute atomic E-state index is 8.74. The minimum absolute atomic E-state index is 0. The SMILES string of the molecule is O=[Si](O)O.[BiH3].[SbH3]. The summed E-state index contributed by atoms with van der Waals surface area (Å²) in [7, 11) is -3.13. The van der Waals surface area contributed by atoms with Crippen molar-refractivity contribution in [3.63, 3.8) is 0 Å². The van der Waals surface area contributed by atoms with Gasteiger partial charge in [0.25, 0.3) is 0 Å². The van der Waals surface area contributed by atoms with Crippen molar-refractivity contribution in [2.24, 2.45) is 0 Å². The van der Waals surface area contributed by atoms with Crippen molar-refractivity contribution in [3.05, 3.63) is 0 Å². The van der Waals surface area contributed by atoms with Crippen molar-refractivity contribution >= 4 is 59.8 Å². The van der Waals surface area contributed by atoms with Gasteiger partial charge in [-0.15, -0.1) is 0 Å². The van der Waals surface area contributed by atoms with Gasteiger partial charge in [0.2, 0.25) is 0 Å². The summed E-state index contributed by atoms with van der Waals surface area (Å²) in [6.45, 7) is 0. The second-order valence-corrected chi connectivity index (χ2v) is 0.848. The molecule has 0 heterocycles. The number of hydrogen-bond acceptors (Lipinski definition) is 1. The van der Waals surface area contributed by atoms with Crippen LogP contribution in [0.15, 0.2) is 0 Å². The average molecular weight is 415 g/mol. The van der Waals surface area contributed by atoms with Crippen LogP contribution in [0.4, 0.5) is 0 Å². The van der Waals surface area contributed by atoms with E-state index < -0.39 is 9.17 Å². The van der Waals surface area contributed by atoms with E-state index in [2.05, 4.69) is 0 Å². The Bertz CT molecular complexity index is 33.8. The Balaban J connectivity index is -0.0000000450. The van der Waals surface area contributed by atoms with Crippen LogP contribution in [0.2, 0.25) is 0 Å². The van der Waals surface area contributed by atoms with Crippen LogP contribution in [0, 0.1) is 0 Å². The van der Waals surface area contributed by atoms with Crippen molar-refractivity contribution in [1.29, 1.82) is 0 Å². The van der Waals surface area contributed by atoms with E-state index in [4.69, 9.17) is 14.1 Å². The second kappa shape index (κ2) is 9.58. The van der Waals surface area contributed by atoms with Gasteiger partial charge in [-0.25, -0.2) is 0 Å². The van der Waals surface area contributed by atoms with E-state index in [1.165, 1.54) is 0 Å². The summed E-state index contributed by atoms with van der Waals surface area (Å²) in [5, 5.41) is 0. The van der Waals surface area contributed by atoms with Gasteiger partial charge in [0, 0.05) is 0 Å². The molecule has 3 nitrogen and oxygen atoms in total. The topological polar surface area (TPSA) is 57.5 Å². The summed E-state index contributed by atoms with van der Waals surface area (Å²) in [6.07, 6.45) is 0. The van der Waals surface area contributed by atoms with Crippen molar-refractivity contribution in [2.75, 3.05) is 0 Å². The zero-order valence-electron chi connectivity index (χ0n) is 3.22. The molecule has 0 saturated carbocycles. The van der Waals surface area contributed by atoms with Crippen molar-refractivity contribution in [3.8, 4) is 0 Å². The average Bonchev–Trinajstić information content (AvgIpc) is 0.811. The first kappa shape index (κ1) is 15.7. The molecular weight excluding hydrogens is 407 g/mol. The van der Waals surface area contributed by atoms with Crippen LogP contribution >= 0.6 is 0 Å². The molecule has 0 rings (SSSR count). The molecule has 0 aromatic rings. The van der Waals surface area contributed by atoms with Crippen LogP contribution in [-0.4, -0.2) is 69.4 Å². The Labute approximate surface area is 73.2 Å². The molecule has 6 heteroatoms. The zero-order chi connectivity index (χ0) is 3.58. The van der Waals surface area contributed by atoms with Crippen molar-refractivity contribution in [2.45, 2.75) is 0 Å². The molecule has 0 amide bonds. The maximum atomic E-state index is 8.74. The van der Waals surface area contributed by atoms with Crippen LogP contribution in [-0.2, 0) is 4.46 Å². The summed E-state index contributed by atoms with van der Waals surface area (Å²) < 4.78 is 8.74. The Morgan fingerprint density at radius 3 is 1.33 bits per heavy atom. The molecule has 0 bridgehead atoms. The van der Waals surface area contributed by atoms with Gasteiger partial charge in [-0.1, -0.05) is 0 Å². The van der Waals surface area contributed by atoms with Gasteiger partial charge in [0.05, 0.1) is 0 Å². The van der Waals surface area contributed by atoms with Crippen LogP contribution in [0.3, 0.4) is 0 Å². The monoisotopic (exact) mass is 414 g/mol. The molecule has 0 radical (unpaired) electrons. The third kappa shape index (κ3) is 57.1. The molecule has 0 spiro atoms. The molecule has 0 aliphatic rings. The van der Waals surface area contributed by atoms with Crippen molar-refractivity contribution in [1.82, 2.24) is 0 Å². The predicted molar refractivity (Wildman–Crippen MR) is 30.8 cm³/mol. The molecule has 0 fully saturated rings. The first-order valence-electron chi connectivity index (χ1n) is 0.651. The third-order valence-electron chi connectivity index (χ3n) is 0. The predicted octanol–water partition coefficient (Wildman–Crippen LogP) is -3.98. The summed E-state index contributed by atoms with van der Waals surface area (Å²) in [4.78, 5) is 14.3. The summed E-state index contributed by atoms with van der Waals surface area (Å²) in [5.41, 5.74) is 0. The van der Waals surface area contributed by atoms with E-state index in [9.17, 15) is 0 Å². The van der Waals surface area contributed by atoms with E-state index in [1.807, 2.05) is 0 Å². The summed E-state index contributed by atoms with van der Waals surface area (Å²) in [5.74, 6) is 0. The normalized spacial score (nSPS) is 4.00. The van der Waals surface area contributed by atoms with E-state index >= 15 is 0 Å². The van der Waals surface area contributed by atoms with E-state index in [0.717, 1.165) is 0 Å². The van der Waals surface area contributed by atoms with Gasteiger partial charge in [-0.2, -0.15) is 0 Å². The van der Waals surface area contributed by atoms with Gasteiger partial charge in [0.15, 0.2) is 0 Å². The van der Waals surface area contributed by atoms with Gasteiger partial charge in [-0.3, -0.25) is 4.46 Å². The molecule has 0 atom stereocenters. The van der Waals surface area contributed by atoms with Crippen LogP contribution < -0.4 is 0 Å². The van der Waals surface area contributed by atoms with E-state index in [0.29, 0.717) is 0 Å². The molecule has 0 aliphatic heterocycles. The zero-order valence-corrected chi connectivity index (χ0v) is 13.8. The Hall–Kier alpha value is 1.32. The summed E-state index contributed by atoms with van der Waals surface area (Å²) >= 11 is 0.